The van der Waals surface area contributed by atoms with Gasteiger partial charge >= 0.3 is 5.97 Å². The first-order valence-electron chi connectivity index (χ1n) is 7.32. The van der Waals surface area contributed by atoms with Gasteiger partial charge in [-0.3, -0.25) is 9.69 Å². The van der Waals surface area contributed by atoms with Gasteiger partial charge in [-0.05, 0) is 30.7 Å². The number of hydrogen-bond donors (Lipinski definition) is 1. The number of ether oxygens (including phenoxy) is 1. The fourth-order valence-electron chi connectivity index (χ4n) is 2.83. The molecule has 0 bridgehead atoms. The Hall–Kier alpha value is -2.18. The van der Waals surface area contributed by atoms with Crippen LogP contribution in [-0.4, -0.2) is 51.1 Å². The van der Waals surface area contributed by atoms with Crippen LogP contribution in [-0.2, 0) is 16.1 Å². The van der Waals surface area contributed by atoms with Crippen LogP contribution in [0.1, 0.15) is 12.5 Å². The third-order valence-corrected chi connectivity index (χ3v) is 3.94. The van der Waals surface area contributed by atoms with Gasteiger partial charge in [0.05, 0.1) is 18.4 Å². The van der Waals surface area contributed by atoms with E-state index in [0.29, 0.717) is 19.7 Å². The molecule has 1 aliphatic rings. The molecule has 2 aromatic rings. The second-order valence-electron chi connectivity index (χ2n) is 5.45. The summed E-state index contributed by atoms with van der Waals surface area (Å²) < 4.78 is 7.25. The molecule has 6 nitrogen and oxygen atoms in total. The van der Waals surface area contributed by atoms with E-state index in [9.17, 15) is 9.90 Å². The van der Waals surface area contributed by atoms with E-state index in [0.717, 1.165) is 11.3 Å². The summed E-state index contributed by atoms with van der Waals surface area (Å²) >= 11 is 0. The number of nitrogens with zero attached hydrogens (tertiary/aromatic N) is 3. The number of carboxylic acids is 1. The number of carboxylic acid groups (broad SMARTS) is 1. The highest BCUT2D eigenvalue weighted by atomic mass is 16.5. The molecule has 0 radical (unpaired) electrons. The molecule has 1 aromatic carbocycles. The van der Waals surface area contributed by atoms with E-state index in [-0.39, 0.29) is 6.10 Å². The first kappa shape index (κ1) is 14.7. The molecule has 1 saturated heterocycles. The van der Waals surface area contributed by atoms with Crippen molar-refractivity contribution in [1.82, 2.24) is 14.7 Å². The van der Waals surface area contributed by atoms with Crippen molar-refractivity contribution in [3.05, 3.63) is 48.3 Å². The first-order valence-corrected chi connectivity index (χ1v) is 7.32. The molecule has 1 aliphatic heterocycles. The third-order valence-electron chi connectivity index (χ3n) is 3.94. The van der Waals surface area contributed by atoms with Crippen molar-refractivity contribution in [3.8, 4) is 5.69 Å². The van der Waals surface area contributed by atoms with Crippen LogP contribution in [0.4, 0.5) is 0 Å². The van der Waals surface area contributed by atoms with Crippen LogP contribution >= 0.6 is 0 Å². The Kier molecular flexibility index (Phi) is 4.22. The quantitative estimate of drug-likeness (QED) is 0.928. The van der Waals surface area contributed by atoms with Crippen LogP contribution in [0.25, 0.3) is 5.69 Å². The Labute approximate surface area is 128 Å². The molecular weight excluding hydrogens is 282 g/mol. The third kappa shape index (κ3) is 3.03. The molecule has 3 rings (SSSR count). The zero-order valence-corrected chi connectivity index (χ0v) is 12.4. The Morgan fingerprint density at radius 1 is 1.41 bits per heavy atom. The molecule has 2 heterocycles. The summed E-state index contributed by atoms with van der Waals surface area (Å²) in [7, 11) is 0. The molecule has 0 spiro atoms. The number of benzene rings is 1. The van der Waals surface area contributed by atoms with Gasteiger partial charge in [0.15, 0.2) is 0 Å². The standard InChI is InChI=1S/C16H19N3O3/c1-12-15(16(20)21)18(9-10-22-12)11-13-3-5-14(6-4-13)19-8-2-7-17-19/h2-8,12,15H,9-11H2,1H3,(H,20,21)/t12-,15+/m1/s1. The summed E-state index contributed by atoms with van der Waals surface area (Å²) in [6, 6.07) is 9.27. The predicted molar refractivity (Wildman–Crippen MR) is 80.8 cm³/mol. The van der Waals surface area contributed by atoms with Gasteiger partial charge in [0.25, 0.3) is 0 Å². The van der Waals surface area contributed by atoms with Crippen molar-refractivity contribution in [3.63, 3.8) is 0 Å². The molecule has 2 atom stereocenters. The minimum absolute atomic E-state index is 0.297. The van der Waals surface area contributed by atoms with Crippen LogP contribution in [0.2, 0.25) is 0 Å². The largest absolute Gasteiger partial charge is 0.480 e. The fourth-order valence-corrected chi connectivity index (χ4v) is 2.83. The molecule has 1 aromatic heterocycles. The lowest BCUT2D eigenvalue weighted by atomic mass is 10.1. The summed E-state index contributed by atoms with van der Waals surface area (Å²) in [5.74, 6) is -0.833. The lowest BCUT2D eigenvalue weighted by molar-refractivity contribution is -0.156. The van der Waals surface area contributed by atoms with Crippen LogP contribution in [0.3, 0.4) is 0 Å². The highest BCUT2D eigenvalue weighted by Crippen LogP contribution is 2.18. The maximum atomic E-state index is 11.4. The minimum Gasteiger partial charge on any atom is -0.480 e. The summed E-state index contributed by atoms with van der Waals surface area (Å²) in [4.78, 5) is 13.4. The molecular formula is C16H19N3O3. The van der Waals surface area contributed by atoms with Crippen LogP contribution in [0, 0.1) is 0 Å². The number of aromatic nitrogens is 2. The zero-order valence-electron chi connectivity index (χ0n) is 12.4. The fraction of sp³-hybridized carbons (Fsp3) is 0.375. The normalized spacial score (nSPS) is 22.6. The Balaban J connectivity index is 1.73. The number of aliphatic carboxylic acids is 1. The van der Waals surface area contributed by atoms with Gasteiger partial charge in [-0.1, -0.05) is 12.1 Å². The van der Waals surface area contributed by atoms with Crippen LogP contribution in [0.5, 0.6) is 0 Å². The van der Waals surface area contributed by atoms with E-state index in [1.54, 1.807) is 10.9 Å². The lowest BCUT2D eigenvalue weighted by Crippen LogP contribution is -2.53. The topological polar surface area (TPSA) is 67.6 Å². The highest BCUT2D eigenvalue weighted by Gasteiger charge is 2.34. The summed E-state index contributed by atoms with van der Waals surface area (Å²) in [6.07, 6.45) is 3.33. The molecule has 116 valence electrons. The van der Waals surface area contributed by atoms with Gasteiger partial charge in [-0.15, -0.1) is 0 Å². The van der Waals surface area contributed by atoms with E-state index in [4.69, 9.17) is 4.74 Å². The lowest BCUT2D eigenvalue weighted by Gasteiger charge is -2.37. The number of hydrogen-bond acceptors (Lipinski definition) is 4. The van der Waals surface area contributed by atoms with E-state index in [1.165, 1.54) is 0 Å². The van der Waals surface area contributed by atoms with E-state index in [2.05, 4.69) is 5.10 Å². The van der Waals surface area contributed by atoms with Crippen molar-refractivity contribution in [2.75, 3.05) is 13.2 Å². The predicted octanol–water partition coefficient (Wildman–Crippen LogP) is 1.55. The Morgan fingerprint density at radius 3 is 2.82 bits per heavy atom. The molecule has 0 amide bonds. The van der Waals surface area contributed by atoms with Crippen molar-refractivity contribution >= 4 is 5.97 Å². The van der Waals surface area contributed by atoms with E-state index >= 15 is 0 Å². The maximum Gasteiger partial charge on any atom is 0.323 e. The molecule has 0 saturated carbocycles. The Bertz CT molecular complexity index is 625. The van der Waals surface area contributed by atoms with Gasteiger partial charge < -0.3 is 9.84 Å². The van der Waals surface area contributed by atoms with Gasteiger partial charge in [0.2, 0.25) is 0 Å². The van der Waals surface area contributed by atoms with Gasteiger partial charge in [-0.25, -0.2) is 4.68 Å². The van der Waals surface area contributed by atoms with Crippen molar-refractivity contribution in [2.45, 2.75) is 25.6 Å². The zero-order chi connectivity index (χ0) is 15.5. The number of carbonyl (C=O) groups is 1. The number of rotatable bonds is 4. The molecule has 1 fully saturated rings. The van der Waals surface area contributed by atoms with E-state index in [1.807, 2.05) is 48.4 Å². The maximum absolute atomic E-state index is 11.4. The van der Waals surface area contributed by atoms with Crippen molar-refractivity contribution < 1.29 is 14.6 Å². The average molecular weight is 301 g/mol. The molecule has 0 unspecified atom stereocenters. The van der Waals surface area contributed by atoms with Gasteiger partial charge in [-0.2, -0.15) is 5.10 Å². The van der Waals surface area contributed by atoms with Crippen molar-refractivity contribution in [2.24, 2.45) is 0 Å². The number of morpholine rings is 1. The second kappa shape index (κ2) is 6.29. The smallest absolute Gasteiger partial charge is 0.323 e. The second-order valence-corrected chi connectivity index (χ2v) is 5.45. The van der Waals surface area contributed by atoms with Crippen LogP contribution < -0.4 is 0 Å². The Morgan fingerprint density at radius 2 is 2.18 bits per heavy atom. The average Bonchev–Trinajstić information content (AvgIpc) is 3.02. The summed E-state index contributed by atoms with van der Waals surface area (Å²) in [6.45, 7) is 3.61. The summed E-state index contributed by atoms with van der Waals surface area (Å²) in [5, 5.41) is 13.6. The highest BCUT2D eigenvalue weighted by molar-refractivity contribution is 5.74. The van der Waals surface area contributed by atoms with Gasteiger partial charge in [0, 0.05) is 25.5 Å². The molecule has 6 heteroatoms. The molecule has 22 heavy (non-hydrogen) atoms. The first-order chi connectivity index (χ1) is 10.6. The molecule has 0 aliphatic carbocycles. The SMILES string of the molecule is C[C@H]1OCCN(Cc2ccc(-n3cccn3)cc2)[C@@H]1C(=O)O. The van der Waals surface area contributed by atoms with Crippen molar-refractivity contribution in [1.29, 1.82) is 0 Å². The monoisotopic (exact) mass is 301 g/mol. The summed E-state index contributed by atoms with van der Waals surface area (Å²) in [5.41, 5.74) is 2.06. The minimum atomic E-state index is -0.833. The molecule has 1 N–H and O–H groups in total. The van der Waals surface area contributed by atoms with E-state index < -0.39 is 12.0 Å². The van der Waals surface area contributed by atoms with Crippen LogP contribution in [0.15, 0.2) is 42.7 Å². The van der Waals surface area contributed by atoms with Gasteiger partial charge in [0.1, 0.15) is 6.04 Å².